The molecule has 2 aliphatic rings. The molecular weight excluding hydrogens is 371 g/mol. The van der Waals surface area contributed by atoms with Gasteiger partial charge in [0.25, 0.3) is 0 Å². The van der Waals surface area contributed by atoms with Gasteiger partial charge in [-0.25, -0.2) is 4.39 Å². The summed E-state index contributed by atoms with van der Waals surface area (Å²) in [5.41, 5.74) is 0.404. The SMILES string of the molecule is CC(C)(C)NC(=O)CN1CCN(C(=O)CN(Cc2ccccc2F)C2CC2)CC1. The van der Waals surface area contributed by atoms with Gasteiger partial charge in [0.2, 0.25) is 11.8 Å². The van der Waals surface area contributed by atoms with Crippen molar-refractivity contribution in [3.63, 3.8) is 0 Å². The summed E-state index contributed by atoms with van der Waals surface area (Å²) in [7, 11) is 0. The molecule has 0 atom stereocenters. The number of benzene rings is 1. The van der Waals surface area contributed by atoms with E-state index >= 15 is 0 Å². The fraction of sp³-hybridized carbons (Fsp3) is 0.636. The molecule has 1 aromatic rings. The fourth-order valence-electron chi connectivity index (χ4n) is 3.69. The minimum Gasteiger partial charge on any atom is -0.350 e. The molecule has 1 aromatic carbocycles. The molecular formula is C22H33FN4O2. The first-order valence-corrected chi connectivity index (χ1v) is 10.5. The van der Waals surface area contributed by atoms with Crippen LogP contribution >= 0.6 is 0 Å². The molecule has 0 radical (unpaired) electrons. The molecule has 0 bridgehead atoms. The van der Waals surface area contributed by atoms with Gasteiger partial charge in [0.1, 0.15) is 5.82 Å². The highest BCUT2D eigenvalue weighted by molar-refractivity contribution is 5.79. The number of nitrogens with one attached hydrogen (secondary N) is 1. The van der Waals surface area contributed by atoms with Gasteiger partial charge < -0.3 is 10.2 Å². The lowest BCUT2D eigenvalue weighted by atomic mass is 10.1. The molecule has 1 saturated carbocycles. The molecule has 1 heterocycles. The molecule has 0 spiro atoms. The predicted octanol–water partition coefficient (Wildman–Crippen LogP) is 1.85. The van der Waals surface area contributed by atoms with Gasteiger partial charge in [0.15, 0.2) is 0 Å². The van der Waals surface area contributed by atoms with Gasteiger partial charge >= 0.3 is 0 Å². The number of hydrogen-bond donors (Lipinski definition) is 1. The van der Waals surface area contributed by atoms with E-state index in [9.17, 15) is 14.0 Å². The van der Waals surface area contributed by atoms with Crippen molar-refractivity contribution in [3.05, 3.63) is 35.6 Å². The van der Waals surface area contributed by atoms with Crippen LogP contribution in [0.25, 0.3) is 0 Å². The molecule has 1 aliphatic carbocycles. The summed E-state index contributed by atoms with van der Waals surface area (Å²) >= 11 is 0. The first-order valence-electron chi connectivity index (χ1n) is 10.5. The molecule has 0 aromatic heterocycles. The van der Waals surface area contributed by atoms with Crippen LogP contribution in [0.4, 0.5) is 4.39 Å². The third kappa shape index (κ3) is 6.78. The van der Waals surface area contributed by atoms with Crippen LogP contribution in [-0.2, 0) is 16.1 Å². The summed E-state index contributed by atoms with van der Waals surface area (Å²) in [6.07, 6.45) is 2.14. The van der Waals surface area contributed by atoms with E-state index in [-0.39, 0.29) is 23.2 Å². The highest BCUT2D eigenvalue weighted by Crippen LogP contribution is 2.28. The summed E-state index contributed by atoms with van der Waals surface area (Å²) in [6.45, 7) is 9.69. The van der Waals surface area contributed by atoms with Crippen LogP contribution in [0.15, 0.2) is 24.3 Å². The Labute approximate surface area is 173 Å². The van der Waals surface area contributed by atoms with Crippen molar-refractivity contribution in [1.29, 1.82) is 0 Å². The van der Waals surface area contributed by atoms with Crippen molar-refractivity contribution in [2.45, 2.75) is 51.7 Å². The summed E-state index contributed by atoms with van der Waals surface area (Å²) in [6, 6.07) is 7.15. The van der Waals surface area contributed by atoms with Crippen LogP contribution in [-0.4, -0.2) is 77.4 Å². The summed E-state index contributed by atoms with van der Waals surface area (Å²) in [5.74, 6) is -0.109. The highest BCUT2D eigenvalue weighted by atomic mass is 19.1. The van der Waals surface area contributed by atoms with Crippen molar-refractivity contribution in [2.24, 2.45) is 0 Å². The van der Waals surface area contributed by atoms with E-state index in [1.54, 1.807) is 12.1 Å². The molecule has 2 fully saturated rings. The van der Waals surface area contributed by atoms with Gasteiger partial charge in [-0.05, 0) is 39.7 Å². The zero-order chi connectivity index (χ0) is 21.0. The molecule has 0 unspecified atom stereocenters. The largest absolute Gasteiger partial charge is 0.350 e. The standard InChI is InChI=1S/C22H33FN4O2/c1-22(2,3)24-20(28)15-25-10-12-26(13-11-25)21(29)16-27(18-8-9-18)14-17-6-4-5-7-19(17)23/h4-7,18H,8-16H2,1-3H3,(H,24,28). The Hall–Kier alpha value is -1.99. The number of amides is 2. The maximum atomic E-state index is 14.0. The smallest absolute Gasteiger partial charge is 0.236 e. The monoisotopic (exact) mass is 404 g/mol. The first-order chi connectivity index (χ1) is 13.7. The van der Waals surface area contributed by atoms with Gasteiger partial charge in [-0.1, -0.05) is 18.2 Å². The third-order valence-electron chi connectivity index (χ3n) is 5.34. The third-order valence-corrected chi connectivity index (χ3v) is 5.34. The number of hydrogen-bond acceptors (Lipinski definition) is 4. The van der Waals surface area contributed by atoms with E-state index < -0.39 is 0 Å². The summed E-state index contributed by atoms with van der Waals surface area (Å²) < 4.78 is 14.0. The second-order valence-corrected chi connectivity index (χ2v) is 9.18. The molecule has 1 aliphatic heterocycles. The van der Waals surface area contributed by atoms with Gasteiger partial charge in [0.05, 0.1) is 13.1 Å². The molecule has 3 rings (SSSR count). The lowest BCUT2D eigenvalue weighted by molar-refractivity contribution is -0.134. The van der Waals surface area contributed by atoms with Gasteiger partial charge in [-0.15, -0.1) is 0 Å². The zero-order valence-corrected chi connectivity index (χ0v) is 17.8. The average molecular weight is 405 g/mol. The Morgan fingerprint density at radius 1 is 1.14 bits per heavy atom. The maximum absolute atomic E-state index is 14.0. The Bertz CT molecular complexity index is 722. The van der Waals surface area contributed by atoms with Crippen molar-refractivity contribution < 1.29 is 14.0 Å². The Morgan fingerprint density at radius 2 is 1.79 bits per heavy atom. The van der Waals surface area contributed by atoms with Crippen molar-refractivity contribution in [1.82, 2.24) is 20.0 Å². The summed E-state index contributed by atoms with van der Waals surface area (Å²) in [5, 5.41) is 2.98. The second-order valence-electron chi connectivity index (χ2n) is 9.18. The van der Waals surface area contributed by atoms with E-state index in [1.807, 2.05) is 31.7 Å². The lowest BCUT2D eigenvalue weighted by Crippen LogP contribution is -2.54. The minimum absolute atomic E-state index is 0.0158. The first kappa shape index (κ1) is 21.7. The molecule has 6 nitrogen and oxygen atoms in total. The minimum atomic E-state index is -0.237. The van der Waals surface area contributed by atoms with Crippen molar-refractivity contribution in [3.8, 4) is 0 Å². The van der Waals surface area contributed by atoms with Gasteiger partial charge in [-0.3, -0.25) is 19.4 Å². The molecule has 2 amide bonds. The molecule has 1 saturated heterocycles. The fourth-order valence-corrected chi connectivity index (χ4v) is 3.69. The van der Waals surface area contributed by atoms with Crippen LogP contribution in [0.1, 0.15) is 39.2 Å². The Morgan fingerprint density at radius 3 is 2.38 bits per heavy atom. The zero-order valence-electron chi connectivity index (χ0n) is 17.8. The number of nitrogens with zero attached hydrogens (tertiary/aromatic N) is 3. The van der Waals surface area contributed by atoms with Crippen LogP contribution in [0.3, 0.4) is 0 Å². The van der Waals surface area contributed by atoms with Crippen LogP contribution in [0.5, 0.6) is 0 Å². The maximum Gasteiger partial charge on any atom is 0.236 e. The van der Waals surface area contributed by atoms with Crippen molar-refractivity contribution >= 4 is 11.8 Å². The van der Waals surface area contributed by atoms with E-state index in [0.717, 1.165) is 12.8 Å². The number of carbonyl (C=O) groups is 2. The normalized spacial score (nSPS) is 18.2. The predicted molar refractivity (Wildman–Crippen MR) is 111 cm³/mol. The van der Waals surface area contributed by atoms with Crippen molar-refractivity contribution in [2.75, 3.05) is 39.3 Å². The molecule has 160 valence electrons. The van der Waals surface area contributed by atoms with Gasteiger partial charge in [-0.2, -0.15) is 0 Å². The van der Waals surface area contributed by atoms with E-state index in [0.29, 0.717) is 57.4 Å². The van der Waals surface area contributed by atoms with Crippen LogP contribution in [0, 0.1) is 5.82 Å². The number of halogens is 1. The molecule has 29 heavy (non-hydrogen) atoms. The Balaban J connectivity index is 1.47. The molecule has 1 N–H and O–H groups in total. The molecule has 7 heteroatoms. The highest BCUT2D eigenvalue weighted by Gasteiger charge is 2.32. The lowest BCUT2D eigenvalue weighted by Gasteiger charge is -2.36. The number of carbonyl (C=O) groups excluding carboxylic acids is 2. The summed E-state index contributed by atoms with van der Waals surface area (Å²) in [4.78, 5) is 31.0. The number of piperazine rings is 1. The van der Waals surface area contributed by atoms with E-state index in [2.05, 4.69) is 15.1 Å². The number of rotatable bonds is 7. The topological polar surface area (TPSA) is 55.9 Å². The van der Waals surface area contributed by atoms with Crippen LogP contribution < -0.4 is 5.32 Å². The quantitative estimate of drug-likeness (QED) is 0.754. The van der Waals surface area contributed by atoms with E-state index in [1.165, 1.54) is 6.07 Å². The second kappa shape index (κ2) is 9.22. The van der Waals surface area contributed by atoms with Gasteiger partial charge in [0, 0.05) is 49.9 Å². The van der Waals surface area contributed by atoms with Crippen LogP contribution in [0.2, 0.25) is 0 Å². The van der Waals surface area contributed by atoms with E-state index in [4.69, 9.17) is 0 Å². The Kier molecular flexibility index (Phi) is 6.90. The average Bonchev–Trinajstić information content (AvgIpc) is 3.47.